The molecular formula is C24H25NO4S. The van der Waals surface area contributed by atoms with Crippen LogP contribution in [0.3, 0.4) is 0 Å². The maximum atomic E-state index is 12.8. The molecule has 0 radical (unpaired) electrons. The second kappa shape index (κ2) is 8.88. The SMILES string of the molecule is CCOC(=O)c1c(NC(=O)[C@H](C)Oc2ccc3ccccc3c2)sc2c1CCCC2. The van der Waals surface area contributed by atoms with E-state index in [2.05, 4.69) is 5.32 Å². The Labute approximate surface area is 180 Å². The van der Waals surface area contributed by atoms with Crippen LogP contribution in [0, 0.1) is 0 Å². The summed E-state index contributed by atoms with van der Waals surface area (Å²) in [7, 11) is 0. The number of thiophene rings is 1. The fourth-order valence-electron chi connectivity index (χ4n) is 3.79. The summed E-state index contributed by atoms with van der Waals surface area (Å²) in [5, 5.41) is 5.66. The average Bonchev–Trinajstić information content (AvgIpc) is 3.11. The first-order valence-electron chi connectivity index (χ1n) is 10.3. The molecular weight excluding hydrogens is 398 g/mol. The van der Waals surface area contributed by atoms with Crippen molar-refractivity contribution in [1.29, 1.82) is 0 Å². The Bertz CT molecular complexity index is 1090. The number of rotatable bonds is 6. The van der Waals surface area contributed by atoms with E-state index in [1.807, 2.05) is 42.5 Å². The van der Waals surface area contributed by atoms with E-state index in [4.69, 9.17) is 9.47 Å². The second-order valence-electron chi connectivity index (χ2n) is 7.39. The molecule has 0 unspecified atom stereocenters. The van der Waals surface area contributed by atoms with Gasteiger partial charge in [0.2, 0.25) is 0 Å². The second-order valence-corrected chi connectivity index (χ2v) is 8.50. The molecule has 1 N–H and O–H groups in total. The monoisotopic (exact) mass is 423 g/mol. The molecule has 0 saturated heterocycles. The number of fused-ring (bicyclic) bond motifs is 2. The molecule has 1 aliphatic rings. The van der Waals surface area contributed by atoms with E-state index >= 15 is 0 Å². The first-order chi connectivity index (χ1) is 14.6. The first-order valence-corrected chi connectivity index (χ1v) is 11.2. The van der Waals surface area contributed by atoms with Crippen molar-refractivity contribution >= 4 is 39.0 Å². The Morgan fingerprint density at radius 2 is 1.87 bits per heavy atom. The van der Waals surface area contributed by atoms with Crippen LogP contribution in [0.25, 0.3) is 10.8 Å². The largest absolute Gasteiger partial charge is 0.481 e. The van der Waals surface area contributed by atoms with Gasteiger partial charge < -0.3 is 14.8 Å². The molecule has 1 aliphatic carbocycles. The van der Waals surface area contributed by atoms with Gasteiger partial charge in [0.1, 0.15) is 10.8 Å². The Hall–Kier alpha value is -2.86. The van der Waals surface area contributed by atoms with Crippen LogP contribution in [0.5, 0.6) is 5.75 Å². The van der Waals surface area contributed by atoms with Gasteiger partial charge in [-0.1, -0.05) is 30.3 Å². The van der Waals surface area contributed by atoms with Gasteiger partial charge in [-0.25, -0.2) is 4.79 Å². The molecule has 0 spiro atoms. The summed E-state index contributed by atoms with van der Waals surface area (Å²) in [6.07, 6.45) is 3.22. The number of aryl methyl sites for hydroxylation is 1. The minimum atomic E-state index is -0.708. The van der Waals surface area contributed by atoms with Gasteiger partial charge >= 0.3 is 5.97 Å². The fourth-order valence-corrected chi connectivity index (χ4v) is 5.07. The highest BCUT2D eigenvalue weighted by molar-refractivity contribution is 7.17. The summed E-state index contributed by atoms with van der Waals surface area (Å²) in [6, 6.07) is 13.8. The number of hydrogen-bond acceptors (Lipinski definition) is 5. The Morgan fingerprint density at radius 3 is 2.67 bits per heavy atom. The highest BCUT2D eigenvalue weighted by atomic mass is 32.1. The molecule has 3 aromatic rings. The van der Waals surface area contributed by atoms with Crippen LogP contribution in [0.4, 0.5) is 5.00 Å². The summed E-state index contributed by atoms with van der Waals surface area (Å²) in [6.45, 7) is 3.80. The molecule has 1 aromatic heterocycles. The fraction of sp³-hybridized carbons (Fsp3) is 0.333. The Kier molecular flexibility index (Phi) is 6.04. The molecule has 30 heavy (non-hydrogen) atoms. The standard InChI is InChI=1S/C24H25NO4S/c1-3-28-24(27)21-19-10-6-7-11-20(19)30-23(21)25-22(26)15(2)29-18-13-12-16-8-4-5-9-17(16)14-18/h4-5,8-9,12-15H,3,6-7,10-11H2,1-2H3,(H,25,26)/t15-/m0/s1. The number of esters is 1. The number of nitrogens with one attached hydrogen (secondary N) is 1. The lowest BCUT2D eigenvalue weighted by Crippen LogP contribution is -2.30. The summed E-state index contributed by atoms with van der Waals surface area (Å²) in [5.41, 5.74) is 1.55. The summed E-state index contributed by atoms with van der Waals surface area (Å²) < 4.78 is 11.1. The van der Waals surface area contributed by atoms with Crippen LogP contribution in [0.15, 0.2) is 42.5 Å². The van der Waals surface area contributed by atoms with Gasteiger partial charge in [0.25, 0.3) is 5.91 Å². The van der Waals surface area contributed by atoms with Crippen LogP contribution in [-0.4, -0.2) is 24.6 Å². The van der Waals surface area contributed by atoms with Gasteiger partial charge in [-0.3, -0.25) is 4.79 Å². The minimum Gasteiger partial charge on any atom is -0.481 e. The quantitative estimate of drug-likeness (QED) is 0.542. The molecule has 0 aliphatic heterocycles. The molecule has 1 atom stereocenters. The van der Waals surface area contributed by atoms with E-state index < -0.39 is 6.10 Å². The Balaban J connectivity index is 1.52. The molecule has 2 aromatic carbocycles. The van der Waals surface area contributed by atoms with Crippen molar-refractivity contribution in [2.24, 2.45) is 0 Å². The number of benzene rings is 2. The summed E-state index contributed by atoms with van der Waals surface area (Å²) >= 11 is 1.48. The van der Waals surface area contributed by atoms with Gasteiger partial charge in [-0.2, -0.15) is 0 Å². The summed E-state index contributed by atoms with van der Waals surface area (Å²) in [5.74, 6) is -0.0185. The molecule has 156 valence electrons. The van der Waals surface area contributed by atoms with Crippen molar-refractivity contribution in [2.75, 3.05) is 11.9 Å². The number of carbonyl (C=O) groups excluding carboxylic acids is 2. The van der Waals surface area contributed by atoms with Crippen molar-refractivity contribution in [1.82, 2.24) is 0 Å². The smallest absolute Gasteiger partial charge is 0.341 e. The minimum absolute atomic E-state index is 0.285. The van der Waals surface area contributed by atoms with E-state index in [0.29, 0.717) is 22.9 Å². The predicted molar refractivity (Wildman–Crippen MR) is 120 cm³/mol. The van der Waals surface area contributed by atoms with Crippen molar-refractivity contribution in [3.63, 3.8) is 0 Å². The van der Waals surface area contributed by atoms with Crippen LogP contribution in [-0.2, 0) is 22.4 Å². The van der Waals surface area contributed by atoms with Crippen molar-refractivity contribution in [3.8, 4) is 5.75 Å². The van der Waals surface area contributed by atoms with Gasteiger partial charge in [0.15, 0.2) is 6.10 Å². The molecule has 4 rings (SSSR count). The third kappa shape index (κ3) is 4.19. The number of carbonyl (C=O) groups is 2. The zero-order valence-electron chi connectivity index (χ0n) is 17.2. The van der Waals surface area contributed by atoms with Crippen molar-refractivity contribution in [2.45, 2.75) is 45.6 Å². The first kappa shape index (κ1) is 20.4. The highest BCUT2D eigenvalue weighted by Crippen LogP contribution is 2.38. The molecule has 0 fully saturated rings. The van der Waals surface area contributed by atoms with Crippen LogP contribution < -0.4 is 10.1 Å². The number of amides is 1. The zero-order valence-corrected chi connectivity index (χ0v) is 18.0. The molecule has 1 heterocycles. The number of anilines is 1. The molecule has 5 nitrogen and oxygen atoms in total. The Morgan fingerprint density at radius 1 is 1.10 bits per heavy atom. The van der Waals surface area contributed by atoms with E-state index in [1.165, 1.54) is 16.2 Å². The molecule has 1 amide bonds. The lowest BCUT2D eigenvalue weighted by Gasteiger charge is -2.15. The third-order valence-corrected chi connectivity index (χ3v) is 6.50. The lowest BCUT2D eigenvalue weighted by molar-refractivity contribution is -0.122. The van der Waals surface area contributed by atoms with Crippen LogP contribution in [0.2, 0.25) is 0 Å². The number of hydrogen-bond donors (Lipinski definition) is 1. The predicted octanol–water partition coefficient (Wildman–Crippen LogP) is 5.36. The van der Waals surface area contributed by atoms with Gasteiger partial charge in [-0.05, 0) is 68.0 Å². The molecule has 0 bridgehead atoms. The van der Waals surface area contributed by atoms with E-state index in [9.17, 15) is 9.59 Å². The van der Waals surface area contributed by atoms with Crippen LogP contribution >= 0.6 is 11.3 Å². The van der Waals surface area contributed by atoms with Gasteiger partial charge in [0, 0.05) is 4.88 Å². The maximum Gasteiger partial charge on any atom is 0.341 e. The maximum absolute atomic E-state index is 12.8. The summed E-state index contributed by atoms with van der Waals surface area (Å²) in [4.78, 5) is 26.6. The topological polar surface area (TPSA) is 64.6 Å². The molecule has 0 saturated carbocycles. The van der Waals surface area contributed by atoms with E-state index in [0.717, 1.165) is 42.0 Å². The normalized spacial score (nSPS) is 14.1. The average molecular weight is 424 g/mol. The number of ether oxygens (including phenoxy) is 2. The van der Waals surface area contributed by atoms with Gasteiger partial charge in [0.05, 0.1) is 12.2 Å². The van der Waals surface area contributed by atoms with Gasteiger partial charge in [-0.15, -0.1) is 11.3 Å². The van der Waals surface area contributed by atoms with Crippen molar-refractivity contribution < 1.29 is 19.1 Å². The molecule has 6 heteroatoms. The third-order valence-electron chi connectivity index (χ3n) is 5.29. The van der Waals surface area contributed by atoms with E-state index in [-0.39, 0.29) is 11.9 Å². The van der Waals surface area contributed by atoms with Crippen LogP contribution in [0.1, 0.15) is 47.5 Å². The highest BCUT2D eigenvalue weighted by Gasteiger charge is 2.28. The lowest BCUT2D eigenvalue weighted by atomic mass is 9.95. The van der Waals surface area contributed by atoms with Crippen molar-refractivity contribution in [3.05, 3.63) is 58.5 Å². The van der Waals surface area contributed by atoms with E-state index in [1.54, 1.807) is 13.8 Å². The zero-order chi connectivity index (χ0) is 21.1.